The summed E-state index contributed by atoms with van der Waals surface area (Å²) in [5.41, 5.74) is 2.84. The Morgan fingerprint density at radius 2 is 1.87 bits per heavy atom. The normalized spacial score (nSPS) is 10.5. The zero-order valence-electron chi connectivity index (χ0n) is 11.6. The highest BCUT2D eigenvalue weighted by molar-refractivity contribution is 6.42. The van der Waals surface area contributed by atoms with Gasteiger partial charge >= 0.3 is 11.8 Å². The van der Waals surface area contributed by atoms with E-state index in [1.807, 2.05) is 0 Å². The highest BCUT2D eigenvalue weighted by atomic mass is 35.5. The number of phenols is 1. The van der Waals surface area contributed by atoms with E-state index < -0.39 is 11.8 Å². The third-order valence-corrected chi connectivity index (χ3v) is 3.20. The molecule has 0 bridgehead atoms. The van der Waals surface area contributed by atoms with Crippen LogP contribution in [0, 0.1) is 0 Å². The van der Waals surface area contributed by atoms with Crippen LogP contribution in [0.15, 0.2) is 47.6 Å². The van der Waals surface area contributed by atoms with Gasteiger partial charge in [0.1, 0.15) is 5.75 Å². The molecule has 2 aromatic rings. The fourth-order valence-electron chi connectivity index (χ4n) is 1.59. The van der Waals surface area contributed by atoms with Crippen LogP contribution in [0.3, 0.4) is 0 Å². The lowest BCUT2D eigenvalue weighted by Gasteiger charge is -2.06. The van der Waals surface area contributed by atoms with Crippen molar-refractivity contribution in [3.63, 3.8) is 0 Å². The molecule has 2 rings (SSSR count). The summed E-state index contributed by atoms with van der Waals surface area (Å²) in [5, 5.41) is 15.9. The molecule has 3 N–H and O–H groups in total. The van der Waals surface area contributed by atoms with Crippen molar-refractivity contribution in [2.45, 2.75) is 0 Å². The smallest absolute Gasteiger partial charge is 0.329 e. The van der Waals surface area contributed by atoms with Gasteiger partial charge in [-0.1, -0.05) is 35.3 Å². The first-order valence-electron chi connectivity index (χ1n) is 6.34. The van der Waals surface area contributed by atoms with E-state index in [9.17, 15) is 14.7 Å². The molecule has 0 heterocycles. The Morgan fingerprint density at radius 1 is 1.09 bits per heavy atom. The van der Waals surface area contributed by atoms with E-state index in [0.717, 1.165) is 0 Å². The monoisotopic (exact) mass is 351 g/mol. The van der Waals surface area contributed by atoms with E-state index in [4.69, 9.17) is 23.2 Å². The van der Waals surface area contributed by atoms with Gasteiger partial charge in [0.05, 0.1) is 16.9 Å². The van der Waals surface area contributed by atoms with Crippen molar-refractivity contribution in [1.82, 2.24) is 5.43 Å². The van der Waals surface area contributed by atoms with Crippen LogP contribution >= 0.6 is 23.2 Å². The van der Waals surface area contributed by atoms with Gasteiger partial charge in [-0.25, -0.2) is 5.43 Å². The second-order valence-corrected chi connectivity index (χ2v) is 5.22. The fourth-order valence-corrected chi connectivity index (χ4v) is 1.93. The number of amides is 2. The molecule has 0 fully saturated rings. The molecule has 0 spiro atoms. The molecule has 118 valence electrons. The Kier molecular flexibility index (Phi) is 5.56. The van der Waals surface area contributed by atoms with Gasteiger partial charge in [0.2, 0.25) is 0 Å². The van der Waals surface area contributed by atoms with Gasteiger partial charge in [-0.3, -0.25) is 9.59 Å². The molecule has 0 saturated heterocycles. The van der Waals surface area contributed by atoms with Crippen LogP contribution in [0.1, 0.15) is 5.56 Å². The fraction of sp³-hybridized carbons (Fsp3) is 0. The number of benzene rings is 2. The van der Waals surface area contributed by atoms with Crippen LogP contribution in [-0.2, 0) is 9.59 Å². The minimum atomic E-state index is -0.975. The van der Waals surface area contributed by atoms with Crippen molar-refractivity contribution in [3.8, 4) is 5.75 Å². The first kappa shape index (κ1) is 16.8. The molecule has 0 saturated carbocycles. The highest BCUT2D eigenvalue weighted by Gasteiger charge is 2.14. The zero-order valence-corrected chi connectivity index (χ0v) is 13.1. The van der Waals surface area contributed by atoms with Crippen LogP contribution < -0.4 is 10.7 Å². The van der Waals surface area contributed by atoms with Crippen molar-refractivity contribution < 1.29 is 14.7 Å². The molecular formula is C15H11Cl2N3O3. The Bertz CT molecular complexity index is 778. The van der Waals surface area contributed by atoms with E-state index in [1.165, 1.54) is 30.5 Å². The van der Waals surface area contributed by atoms with Crippen LogP contribution in [0.4, 0.5) is 5.69 Å². The standard InChI is InChI=1S/C15H11Cl2N3O3/c16-10-4-5-12(17)13(7-10)19-14(22)15(23)20-18-8-9-2-1-3-11(21)6-9/h1-8,21H,(H,19,22)(H,20,23)/b18-8+. The van der Waals surface area contributed by atoms with Crippen molar-refractivity contribution in [1.29, 1.82) is 0 Å². The molecular weight excluding hydrogens is 341 g/mol. The second-order valence-electron chi connectivity index (χ2n) is 4.37. The van der Waals surface area contributed by atoms with Crippen molar-refractivity contribution in [2.24, 2.45) is 5.10 Å². The quantitative estimate of drug-likeness (QED) is 0.451. The molecule has 6 nitrogen and oxygen atoms in total. The van der Waals surface area contributed by atoms with E-state index in [2.05, 4.69) is 15.8 Å². The molecule has 0 aliphatic heterocycles. The number of phenolic OH excluding ortho intramolecular Hbond substituents is 1. The Balaban J connectivity index is 1.95. The number of hydrazone groups is 1. The number of halogens is 2. The topological polar surface area (TPSA) is 90.8 Å². The van der Waals surface area contributed by atoms with Crippen molar-refractivity contribution in [2.75, 3.05) is 5.32 Å². The van der Waals surface area contributed by atoms with Crippen LogP contribution in [0.25, 0.3) is 0 Å². The molecule has 2 amide bonds. The number of anilines is 1. The number of hydrogen-bond acceptors (Lipinski definition) is 4. The summed E-state index contributed by atoms with van der Waals surface area (Å²) in [4.78, 5) is 23.4. The first-order valence-corrected chi connectivity index (χ1v) is 7.10. The average Bonchev–Trinajstić information content (AvgIpc) is 2.51. The number of carbonyl (C=O) groups is 2. The van der Waals surface area contributed by atoms with Crippen LogP contribution in [-0.4, -0.2) is 23.1 Å². The number of hydrogen-bond donors (Lipinski definition) is 3. The third kappa shape index (κ3) is 4.98. The summed E-state index contributed by atoms with van der Waals surface area (Å²) in [7, 11) is 0. The second kappa shape index (κ2) is 7.62. The Morgan fingerprint density at radius 3 is 2.61 bits per heavy atom. The van der Waals surface area contributed by atoms with Crippen LogP contribution in [0.2, 0.25) is 10.0 Å². The van der Waals surface area contributed by atoms with Gasteiger partial charge in [0, 0.05) is 5.02 Å². The highest BCUT2D eigenvalue weighted by Crippen LogP contribution is 2.25. The zero-order chi connectivity index (χ0) is 16.8. The van der Waals surface area contributed by atoms with Gasteiger partial charge in [0.15, 0.2) is 0 Å². The molecule has 2 aromatic carbocycles. The predicted octanol–water partition coefficient (Wildman–Crippen LogP) is 2.79. The summed E-state index contributed by atoms with van der Waals surface area (Å²) in [6.45, 7) is 0. The predicted molar refractivity (Wildman–Crippen MR) is 88.9 cm³/mol. The van der Waals surface area contributed by atoms with Gasteiger partial charge < -0.3 is 10.4 Å². The van der Waals surface area contributed by atoms with Gasteiger partial charge in [0.25, 0.3) is 0 Å². The summed E-state index contributed by atoms with van der Waals surface area (Å²) in [5.74, 6) is -1.85. The largest absolute Gasteiger partial charge is 0.508 e. The van der Waals surface area contributed by atoms with Crippen LogP contribution in [0.5, 0.6) is 5.75 Å². The minimum absolute atomic E-state index is 0.0635. The lowest BCUT2D eigenvalue weighted by molar-refractivity contribution is -0.136. The molecule has 0 radical (unpaired) electrons. The number of rotatable bonds is 3. The van der Waals surface area contributed by atoms with E-state index in [0.29, 0.717) is 10.6 Å². The van der Waals surface area contributed by atoms with E-state index >= 15 is 0 Å². The van der Waals surface area contributed by atoms with Crippen molar-refractivity contribution >= 4 is 46.9 Å². The molecule has 0 aliphatic carbocycles. The Hall–Kier alpha value is -2.57. The molecule has 8 heteroatoms. The summed E-state index contributed by atoms with van der Waals surface area (Å²) in [6.07, 6.45) is 1.29. The summed E-state index contributed by atoms with van der Waals surface area (Å²) >= 11 is 11.7. The Labute approximate surface area is 141 Å². The first-order chi connectivity index (χ1) is 11.0. The molecule has 0 atom stereocenters. The number of aromatic hydroxyl groups is 1. The maximum atomic E-state index is 11.7. The SMILES string of the molecule is O=C(N/N=C/c1cccc(O)c1)C(=O)Nc1cc(Cl)ccc1Cl. The number of carbonyl (C=O) groups excluding carboxylic acids is 2. The van der Waals surface area contributed by atoms with E-state index in [1.54, 1.807) is 18.2 Å². The maximum absolute atomic E-state index is 11.7. The molecule has 0 aromatic heterocycles. The van der Waals surface area contributed by atoms with Gasteiger partial charge in [-0.15, -0.1) is 0 Å². The third-order valence-electron chi connectivity index (χ3n) is 2.63. The van der Waals surface area contributed by atoms with Gasteiger partial charge in [-0.2, -0.15) is 5.10 Å². The molecule has 0 unspecified atom stereocenters. The maximum Gasteiger partial charge on any atom is 0.329 e. The number of nitrogens with one attached hydrogen (secondary N) is 2. The summed E-state index contributed by atoms with van der Waals surface area (Å²) < 4.78 is 0. The lowest BCUT2D eigenvalue weighted by Crippen LogP contribution is -2.32. The number of nitrogens with zero attached hydrogens (tertiary/aromatic N) is 1. The summed E-state index contributed by atoms with van der Waals surface area (Å²) in [6, 6.07) is 10.7. The van der Waals surface area contributed by atoms with E-state index in [-0.39, 0.29) is 16.5 Å². The average molecular weight is 352 g/mol. The van der Waals surface area contributed by atoms with Crippen molar-refractivity contribution in [3.05, 3.63) is 58.1 Å². The lowest BCUT2D eigenvalue weighted by atomic mass is 10.2. The molecule has 0 aliphatic rings. The molecule has 23 heavy (non-hydrogen) atoms. The minimum Gasteiger partial charge on any atom is -0.508 e. The van der Waals surface area contributed by atoms with Gasteiger partial charge in [-0.05, 0) is 35.9 Å².